The summed E-state index contributed by atoms with van der Waals surface area (Å²) in [6.07, 6.45) is 4.77. The van der Waals surface area contributed by atoms with Crippen molar-refractivity contribution in [3.05, 3.63) is 0 Å². The molecule has 0 aliphatic carbocycles. The molecule has 4 rings (SSSR count). The van der Waals surface area contributed by atoms with Crippen LogP contribution < -0.4 is 0 Å². The monoisotopic (exact) mass is 182 g/mol. The number of rotatable bonds is 1. The highest BCUT2D eigenvalue weighted by Crippen LogP contribution is 2.42. The second-order valence-electron chi connectivity index (χ2n) is 4.77. The predicted molar refractivity (Wildman–Crippen MR) is 49.6 cm³/mol. The second-order valence-corrected chi connectivity index (χ2v) is 4.77. The highest BCUT2D eigenvalue weighted by atomic mass is 16.5. The van der Waals surface area contributed by atoms with E-state index in [4.69, 9.17) is 0 Å². The molecule has 4 aliphatic rings. The fourth-order valence-electron chi connectivity index (χ4n) is 3.73. The third-order valence-corrected chi connectivity index (χ3v) is 4.23. The number of piperidine rings is 4. The average Bonchev–Trinajstić information content (AvgIpc) is 2.11. The SMILES string of the molecule is CCN1C2CC3CC1CC(C2)N3O. The molecule has 3 heteroatoms. The van der Waals surface area contributed by atoms with Gasteiger partial charge in [0.25, 0.3) is 0 Å². The van der Waals surface area contributed by atoms with Crippen LogP contribution in [0, 0.1) is 0 Å². The average molecular weight is 182 g/mol. The lowest BCUT2D eigenvalue weighted by atomic mass is 9.74. The van der Waals surface area contributed by atoms with Gasteiger partial charge in [0, 0.05) is 24.2 Å². The Morgan fingerprint density at radius 2 is 1.46 bits per heavy atom. The molecular formula is C10H18N2O. The van der Waals surface area contributed by atoms with Gasteiger partial charge in [-0.15, -0.1) is 0 Å². The van der Waals surface area contributed by atoms with E-state index < -0.39 is 0 Å². The van der Waals surface area contributed by atoms with E-state index in [9.17, 15) is 5.21 Å². The molecule has 74 valence electrons. The Balaban J connectivity index is 1.86. The van der Waals surface area contributed by atoms with Crippen LogP contribution in [-0.4, -0.2) is 45.9 Å². The van der Waals surface area contributed by atoms with Crippen molar-refractivity contribution >= 4 is 0 Å². The van der Waals surface area contributed by atoms with Gasteiger partial charge in [-0.05, 0) is 32.2 Å². The molecule has 4 aliphatic heterocycles. The van der Waals surface area contributed by atoms with Gasteiger partial charge in [0.2, 0.25) is 0 Å². The first-order chi connectivity index (χ1) is 6.29. The molecule has 4 fully saturated rings. The lowest BCUT2D eigenvalue weighted by Gasteiger charge is -2.59. The molecule has 0 aromatic heterocycles. The van der Waals surface area contributed by atoms with Gasteiger partial charge < -0.3 is 5.21 Å². The lowest BCUT2D eigenvalue weighted by molar-refractivity contribution is -0.241. The molecule has 4 bridgehead atoms. The van der Waals surface area contributed by atoms with E-state index in [0.717, 1.165) is 12.1 Å². The normalized spacial score (nSPS) is 50.3. The van der Waals surface area contributed by atoms with E-state index in [0.29, 0.717) is 12.1 Å². The van der Waals surface area contributed by atoms with Gasteiger partial charge in [-0.2, -0.15) is 5.06 Å². The fraction of sp³-hybridized carbons (Fsp3) is 1.00. The third kappa shape index (κ3) is 1.01. The van der Waals surface area contributed by atoms with Gasteiger partial charge in [0.1, 0.15) is 0 Å². The maximum Gasteiger partial charge on any atom is 0.0383 e. The summed E-state index contributed by atoms with van der Waals surface area (Å²) in [4.78, 5) is 2.65. The van der Waals surface area contributed by atoms with Gasteiger partial charge >= 0.3 is 0 Å². The van der Waals surface area contributed by atoms with Crippen LogP contribution in [0.25, 0.3) is 0 Å². The molecule has 3 nitrogen and oxygen atoms in total. The third-order valence-electron chi connectivity index (χ3n) is 4.23. The molecule has 1 N–H and O–H groups in total. The fourth-order valence-corrected chi connectivity index (χ4v) is 3.73. The summed E-state index contributed by atoms with van der Waals surface area (Å²) >= 11 is 0. The first kappa shape index (κ1) is 8.21. The Bertz CT molecular complexity index is 189. The van der Waals surface area contributed by atoms with Crippen LogP contribution in [0.5, 0.6) is 0 Å². The van der Waals surface area contributed by atoms with Crippen molar-refractivity contribution in [1.29, 1.82) is 0 Å². The number of hydroxylamine groups is 2. The summed E-state index contributed by atoms with van der Waals surface area (Å²) in [7, 11) is 0. The quantitative estimate of drug-likeness (QED) is 0.657. The molecule has 0 aromatic rings. The summed E-state index contributed by atoms with van der Waals surface area (Å²) in [6, 6.07) is 2.50. The van der Waals surface area contributed by atoms with Crippen LogP contribution in [-0.2, 0) is 0 Å². The van der Waals surface area contributed by atoms with Crippen LogP contribution in [0.15, 0.2) is 0 Å². The molecule has 4 heterocycles. The van der Waals surface area contributed by atoms with Crippen molar-refractivity contribution in [2.75, 3.05) is 6.54 Å². The summed E-state index contributed by atoms with van der Waals surface area (Å²) in [5, 5.41) is 11.5. The van der Waals surface area contributed by atoms with Crippen molar-refractivity contribution in [3.8, 4) is 0 Å². The van der Waals surface area contributed by atoms with Crippen LogP contribution in [0.1, 0.15) is 32.6 Å². The maximum atomic E-state index is 9.80. The molecule has 4 saturated heterocycles. The van der Waals surface area contributed by atoms with Gasteiger partial charge in [-0.25, -0.2) is 0 Å². The first-order valence-corrected chi connectivity index (χ1v) is 5.52. The molecule has 0 radical (unpaired) electrons. The highest BCUT2D eigenvalue weighted by molar-refractivity contribution is 5.04. The van der Waals surface area contributed by atoms with Crippen molar-refractivity contribution in [3.63, 3.8) is 0 Å². The van der Waals surface area contributed by atoms with Gasteiger partial charge in [-0.3, -0.25) is 4.90 Å². The molecule has 0 spiro atoms. The molecular weight excluding hydrogens is 164 g/mol. The standard InChI is InChI=1S/C10H18N2O/c1-2-11-7-3-9-5-8(11)6-10(4-7)12(9)13/h7-10,13H,2-6H2,1H3. The molecule has 13 heavy (non-hydrogen) atoms. The van der Waals surface area contributed by atoms with Crippen molar-refractivity contribution in [2.45, 2.75) is 56.8 Å². The molecule has 0 atom stereocenters. The Morgan fingerprint density at radius 3 is 1.85 bits per heavy atom. The number of nitrogens with zero attached hydrogens (tertiary/aromatic N) is 2. The molecule has 0 aromatic carbocycles. The smallest absolute Gasteiger partial charge is 0.0383 e. The lowest BCUT2D eigenvalue weighted by Crippen LogP contribution is -2.67. The van der Waals surface area contributed by atoms with Gasteiger partial charge in [-0.1, -0.05) is 6.92 Å². The zero-order chi connectivity index (χ0) is 9.00. The van der Waals surface area contributed by atoms with E-state index in [1.165, 1.54) is 32.2 Å². The van der Waals surface area contributed by atoms with Crippen LogP contribution in [0.4, 0.5) is 0 Å². The zero-order valence-electron chi connectivity index (χ0n) is 8.19. The van der Waals surface area contributed by atoms with E-state index in [1.807, 2.05) is 0 Å². The summed E-state index contributed by atoms with van der Waals surface area (Å²) in [5.41, 5.74) is 0. The van der Waals surface area contributed by atoms with Gasteiger partial charge in [0.15, 0.2) is 0 Å². The Hall–Kier alpha value is -0.120. The van der Waals surface area contributed by atoms with E-state index in [1.54, 1.807) is 5.06 Å². The molecule has 0 amide bonds. The minimum atomic E-state index is 0.477. The van der Waals surface area contributed by atoms with Gasteiger partial charge in [0.05, 0.1) is 0 Å². The van der Waals surface area contributed by atoms with E-state index >= 15 is 0 Å². The first-order valence-electron chi connectivity index (χ1n) is 5.52. The summed E-state index contributed by atoms with van der Waals surface area (Å²) in [6.45, 7) is 3.46. The van der Waals surface area contributed by atoms with E-state index in [-0.39, 0.29) is 0 Å². The molecule has 0 saturated carbocycles. The second kappa shape index (κ2) is 2.69. The van der Waals surface area contributed by atoms with Crippen molar-refractivity contribution < 1.29 is 5.21 Å². The number of hydrogen-bond acceptors (Lipinski definition) is 3. The predicted octanol–water partition coefficient (Wildman–Crippen LogP) is 1.08. The minimum absolute atomic E-state index is 0.477. The summed E-state index contributed by atoms with van der Waals surface area (Å²) < 4.78 is 0. The maximum absolute atomic E-state index is 9.80. The largest absolute Gasteiger partial charge is 0.313 e. The number of hydrogen-bond donors (Lipinski definition) is 1. The summed E-state index contributed by atoms with van der Waals surface area (Å²) in [5.74, 6) is 0. The molecule has 0 unspecified atom stereocenters. The minimum Gasteiger partial charge on any atom is -0.313 e. The Labute approximate surface area is 79.3 Å². The van der Waals surface area contributed by atoms with Crippen LogP contribution >= 0.6 is 0 Å². The Kier molecular flexibility index (Phi) is 1.70. The van der Waals surface area contributed by atoms with Crippen LogP contribution in [0.2, 0.25) is 0 Å². The van der Waals surface area contributed by atoms with E-state index in [2.05, 4.69) is 11.8 Å². The van der Waals surface area contributed by atoms with Crippen LogP contribution in [0.3, 0.4) is 0 Å². The highest BCUT2D eigenvalue weighted by Gasteiger charge is 2.49. The topological polar surface area (TPSA) is 26.7 Å². The zero-order valence-corrected chi connectivity index (χ0v) is 8.19. The van der Waals surface area contributed by atoms with Crippen molar-refractivity contribution in [2.24, 2.45) is 0 Å². The Morgan fingerprint density at radius 1 is 1.00 bits per heavy atom. The van der Waals surface area contributed by atoms with Crippen molar-refractivity contribution in [1.82, 2.24) is 9.96 Å².